The predicted molar refractivity (Wildman–Crippen MR) is 65.2 cm³/mol. The van der Waals surface area contributed by atoms with Gasteiger partial charge in [-0.1, -0.05) is 0 Å². The van der Waals surface area contributed by atoms with Gasteiger partial charge in [-0.3, -0.25) is 9.69 Å². The van der Waals surface area contributed by atoms with Gasteiger partial charge in [0.25, 0.3) is 0 Å². The average Bonchev–Trinajstić information content (AvgIpc) is 2.41. The van der Waals surface area contributed by atoms with Gasteiger partial charge in [0.05, 0.1) is 20.8 Å². The van der Waals surface area contributed by atoms with Gasteiger partial charge in [0.2, 0.25) is 0 Å². The van der Waals surface area contributed by atoms with Crippen LogP contribution in [0.1, 0.15) is 13.3 Å². The minimum absolute atomic E-state index is 0.118. The van der Waals surface area contributed by atoms with Crippen molar-refractivity contribution >= 4 is 18.0 Å². The van der Waals surface area contributed by atoms with E-state index in [1.807, 2.05) is 0 Å². The van der Waals surface area contributed by atoms with Gasteiger partial charge in [-0.05, 0) is 19.9 Å². The molecule has 0 heterocycles. The Morgan fingerprint density at radius 1 is 1.21 bits per heavy atom. The normalized spacial score (nSPS) is 11.4. The molecule has 8 heteroatoms. The first-order valence-electron chi connectivity index (χ1n) is 5.79. The molecule has 0 spiro atoms. The van der Waals surface area contributed by atoms with E-state index < -0.39 is 30.6 Å². The van der Waals surface area contributed by atoms with Crippen LogP contribution in [0.2, 0.25) is 0 Å². The molecule has 0 bridgehead atoms. The molecule has 0 radical (unpaired) electrons. The van der Waals surface area contributed by atoms with E-state index >= 15 is 0 Å². The SMILES string of the molecule is CCOC(=O)N(CC(=O)OC)C(CCN)C(=O)OC. The highest BCUT2D eigenvalue weighted by molar-refractivity contribution is 5.84. The van der Waals surface area contributed by atoms with E-state index in [4.69, 9.17) is 10.5 Å². The number of nitrogens with zero attached hydrogens (tertiary/aromatic N) is 1. The Morgan fingerprint density at radius 3 is 2.26 bits per heavy atom. The fraction of sp³-hybridized carbons (Fsp3) is 0.727. The number of carbonyl (C=O) groups excluding carboxylic acids is 3. The van der Waals surface area contributed by atoms with Gasteiger partial charge in [0.1, 0.15) is 12.6 Å². The topological polar surface area (TPSA) is 108 Å². The molecule has 0 aliphatic heterocycles. The molecular formula is C11H20N2O6. The van der Waals surface area contributed by atoms with Crippen LogP contribution >= 0.6 is 0 Å². The van der Waals surface area contributed by atoms with Gasteiger partial charge in [-0.15, -0.1) is 0 Å². The molecule has 0 aromatic rings. The van der Waals surface area contributed by atoms with Crippen LogP contribution < -0.4 is 5.73 Å². The lowest BCUT2D eigenvalue weighted by molar-refractivity contribution is -0.149. The molecule has 0 aromatic carbocycles. The number of rotatable bonds is 7. The Morgan fingerprint density at radius 2 is 1.84 bits per heavy atom. The third-order valence-electron chi connectivity index (χ3n) is 2.32. The lowest BCUT2D eigenvalue weighted by Crippen LogP contribution is -2.49. The number of nitrogens with two attached hydrogens (primary N) is 1. The zero-order valence-corrected chi connectivity index (χ0v) is 11.4. The van der Waals surface area contributed by atoms with Crippen molar-refractivity contribution in [2.24, 2.45) is 5.73 Å². The van der Waals surface area contributed by atoms with Crippen LogP contribution in [0.5, 0.6) is 0 Å². The van der Waals surface area contributed by atoms with Crippen molar-refractivity contribution in [2.45, 2.75) is 19.4 Å². The highest BCUT2D eigenvalue weighted by Gasteiger charge is 2.32. The second-order valence-electron chi connectivity index (χ2n) is 3.52. The maximum Gasteiger partial charge on any atom is 0.411 e. The van der Waals surface area contributed by atoms with E-state index in [-0.39, 0.29) is 19.6 Å². The minimum Gasteiger partial charge on any atom is -0.468 e. The number of ether oxygens (including phenoxy) is 3. The first-order chi connectivity index (χ1) is 9.01. The van der Waals surface area contributed by atoms with Gasteiger partial charge in [0, 0.05) is 0 Å². The summed E-state index contributed by atoms with van der Waals surface area (Å²) in [5, 5.41) is 0. The van der Waals surface area contributed by atoms with Crippen molar-refractivity contribution in [2.75, 3.05) is 33.9 Å². The van der Waals surface area contributed by atoms with Gasteiger partial charge < -0.3 is 19.9 Å². The molecule has 0 aliphatic carbocycles. The van der Waals surface area contributed by atoms with Crippen LogP contribution in [-0.4, -0.2) is 62.9 Å². The summed E-state index contributed by atoms with van der Waals surface area (Å²) >= 11 is 0. The summed E-state index contributed by atoms with van der Waals surface area (Å²) in [5.74, 6) is -1.33. The van der Waals surface area contributed by atoms with Crippen molar-refractivity contribution in [3.8, 4) is 0 Å². The molecule has 1 atom stereocenters. The number of esters is 2. The summed E-state index contributed by atoms with van der Waals surface area (Å²) < 4.78 is 13.9. The van der Waals surface area contributed by atoms with E-state index in [1.54, 1.807) is 6.92 Å². The number of methoxy groups -OCH3 is 2. The molecule has 0 saturated heterocycles. The molecule has 0 saturated carbocycles. The summed E-state index contributed by atoms with van der Waals surface area (Å²) in [6, 6.07) is -0.979. The molecule has 0 aliphatic rings. The Balaban J connectivity index is 5.07. The minimum atomic E-state index is -0.979. The Hall–Kier alpha value is -1.83. The Labute approximate surface area is 111 Å². The molecule has 19 heavy (non-hydrogen) atoms. The van der Waals surface area contributed by atoms with Crippen LogP contribution in [0.3, 0.4) is 0 Å². The molecule has 0 rings (SSSR count). The van der Waals surface area contributed by atoms with Gasteiger partial charge >= 0.3 is 18.0 Å². The third-order valence-corrected chi connectivity index (χ3v) is 2.32. The van der Waals surface area contributed by atoms with E-state index in [2.05, 4.69) is 9.47 Å². The largest absolute Gasteiger partial charge is 0.468 e. The fourth-order valence-corrected chi connectivity index (χ4v) is 1.41. The smallest absolute Gasteiger partial charge is 0.411 e. The highest BCUT2D eigenvalue weighted by Crippen LogP contribution is 2.09. The van der Waals surface area contributed by atoms with Crippen molar-refractivity contribution < 1.29 is 28.6 Å². The highest BCUT2D eigenvalue weighted by atomic mass is 16.6. The van der Waals surface area contributed by atoms with E-state index in [9.17, 15) is 14.4 Å². The summed E-state index contributed by atoms with van der Waals surface area (Å²) in [7, 11) is 2.37. The molecule has 0 fully saturated rings. The number of hydrogen-bond acceptors (Lipinski definition) is 7. The molecule has 110 valence electrons. The van der Waals surface area contributed by atoms with Crippen molar-refractivity contribution in [1.82, 2.24) is 4.90 Å². The first-order valence-corrected chi connectivity index (χ1v) is 5.79. The van der Waals surface area contributed by atoms with Crippen molar-refractivity contribution in [3.63, 3.8) is 0 Å². The lowest BCUT2D eigenvalue weighted by atomic mass is 10.2. The summed E-state index contributed by atoms with van der Waals surface area (Å²) in [6.45, 7) is 1.48. The van der Waals surface area contributed by atoms with Crippen LogP contribution in [-0.2, 0) is 23.8 Å². The average molecular weight is 276 g/mol. The Kier molecular flexibility index (Phi) is 8.27. The predicted octanol–water partition coefficient (Wildman–Crippen LogP) is -0.492. The van der Waals surface area contributed by atoms with Crippen LogP contribution in [0.4, 0.5) is 4.79 Å². The third kappa shape index (κ3) is 5.56. The van der Waals surface area contributed by atoms with Crippen LogP contribution in [0, 0.1) is 0 Å². The first kappa shape index (κ1) is 17.2. The Bertz CT molecular complexity index is 320. The quantitative estimate of drug-likeness (QED) is 0.493. The number of hydrogen-bond donors (Lipinski definition) is 1. The van der Waals surface area contributed by atoms with E-state index in [1.165, 1.54) is 14.2 Å². The zero-order valence-electron chi connectivity index (χ0n) is 11.4. The molecule has 2 N–H and O–H groups in total. The van der Waals surface area contributed by atoms with Gasteiger partial charge in [-0.2, -0.15) is 0 Å². The maximum absolute atomic E-state index is 11.8. The molecule has 8 nitrogen and oxygen atoms in total. The maximum atomic E-state index is 11.8. The summed E-state index contributed by atoms with van der Waals surface area (Å²) in [5.41, 5.74) is 5.39. The zero-order chi connectivity index (χ0) is 14.8. The van der Waals surface area contributed by atoms with Crippen LogP contribution in [0.15, 0.2) is 0 Å². The van der Waals surface area contributed by atoms with Gasteiger partial charge in [0.15, 0.2) is 0 Å². The van der Waals surface area contributed by atoms with Gasteiger partial charge in [-0.25, -0.2) is 9.59 Å². The number of amides is 1. The van der Waals surface area contributed by atoms with Crippen LogP contribution in [0.25, 0.3) is 0 Å². The second-order valence-corrected chi connectivity index (χ2v) is 3.52. The monoisotopic (exact) mass is 276 g/mol. The fourth-order valence-electron chi connectivity index (χ4n) is 1.41. The second kappa shape index (κ2) is 9.15. The van der Waals surface area contributed by atoms with E-state index in [0.29, 0.717) is 0 Å². The standard InChI is InChI=1S/C11H20N2O6/c1-4-19-11(16)13(7-9(14)17-2)8(5-6-12)10(15)18-3/h8H,4-7,12H2,1-3H3. The molecule has 1 unspecified atom stereocenters. The summed E-state index contributed by atoms with van der Waals surface area (Å²) in [4.78, 5) is 35.7. The molecule has 1 amide bonds. The number of carbonyl (C=O) groups is 3. The molecule has 0 aromatic heterocycles. The lowest BCUT2D eigenvalue weighted by Gasteiger charge is -2.27. The van der Waals surface area contributed by atoms with Crippen molar-refractivity contribution in [3.05, 3.63) is 0 Å². The van der Waals surface area contributed by atoms with Crippen molar-refractivity contribution in [1.29, 1.82) is 0 Å². The molecular weight excluding hydrogens is 256 g/mol. The summed E-state index contributed by atoms with van der Waals surface area (Å²) in [6.07, 6.45) is -0.639. The van der Waals surface area contributed by atoms with E-state index in [0.717, 1.165) is 4.90 Å².